The molecular formula is C7H5ClS. The summed E-state index contributed by atoms with van der Waals surface area (Å²) in [6, 6.07) is 7.41. The molecule has 0 saturated carbocycles. The molecule has 0 atom stereocenters. The van der Waals surface area contributed by atoms with E-state index in [-0.39, 0.29) is 0 Å². The van der Waals surface area contributed by atoms with E-state index >= 15 is 0 Å². The topological polar surface area (TPSA) is 0 Å². The van der Waals surface area contributed by atoms with Gasteiger partial charge in [-0.05, 0) is 17.7 Å². The molecule has 0 unspecified atom stereocenters. The Morgan fingerprint density at radius 3 is 2.22 bits per heavy atom. The van der Waals surface area contributed by atoms with Crippen LogP contribution in [0.3, 0.4) is 0 Å². The molecular weight excluding hydrogens is 152 g/mol. The lowest BCUT2D eigenvalue weighted by Gasteiger charge is -1.88. The van der Waals surface area contributed by atoms with Crippen LogP contribution in [-0.2, 0) is 0 Å². The molecule has 0 aliphatic rings. The first-order valence-corrected chi connectivity index (χ1v) is 3.38. The van der Waals surface area contributed by atoms with Gasteiger partial charge in [0.05, 0.1) is 0 Å². The first kappa shape index (κ1) is 6.72. The zero-order chi connectivity index (χ0) is 6.69. The first-order chi connectivity index (χ1) is 4.33. The van der Waals surface area contributed by atoms with E-state index in [2.05, 4.69) is 0 Å². The third-order valence-corrected chi connectivity index (χ3v) is 1.53. The average molecular weight is 157 g/mol. The van der Waals surface area contributed by atoms with Crippen molar-refractivity contribution in [1.29, 1.82) is 0 Å². The lowest BCUT2D eigenvalue weighted by molar-refractivity contribution is 1.69. The minimum atomic E-state index is 0.746. The Balaban J connectivity index is 3.01. The van der Waals surface area contributed by atoms with Gasteiger partial charge < -0.3 is 0 Å². The number of hydrogen-bond donors (Lipinski definition) is 0. The fraction of sp³-hybridized carbons (Fsp3) is 0. The summed E-state index contributed by atoms with van der Waals surface area (Å²) in [6.07, 6.45) is 0. The molecule has 0 saturated heterocycles. The van der Waals surface area contributed by atoms with Crippen LogP contribution in [0.5, 0.6) is 0 Å². The summed E-state index contributed by atoms with van der Waals surface area (Å²) in [6.45, 7) is 0. The van der Waals surface area contributed by atoms with Crippen molar-refractivity contribution >= 4 is 29.2 Å². The van der Waals surface area contributed by atoms with Crippen molar-refractivity contribution < 1.29 is 0 Å². The van der Waals surface area contributed by atoms with E-state index < -0.39 is 0 Å². The summed E-state index contributed by atoms with van der Waals surface area (Å²) >= 11 is 10.3. The van der Waals surface area contributed by atoms with E-state index in [0.717, 1.165) is 10.6 Å². The quantitative estimate of drug-likeness (QED) is 0.564. The molecule has 0 radical (unpaired) electrons. The Morgan fingerprint density at radius 2 is 1.78 bits per heavy atom. The second-order valence-electron chi connectivity index (χ2n) is 1.67. The van der Waals surface area contributed by atoms with E-state index in [1.807, 2.05) is 24.3 Å². The largest absolute Gasteiger partial charge is 0.0881 e. The van der Waals surface area contributed by atoms with Crippen molar-refractivity contribution in [2.24, 2.45) is 0 Å². The molecule has 1 rings (SSSR count). The van der Waals surface area contributed by atoms with Crippen molar-refractivity contribution in [3.05, 3.63) is 34.9 Å². The molecule has 0 aromatic heterocycles. The maximum absolute atomic E-state index is 5.62. The summed E-state index contributed by atoms with van der Waals surface area (Å²) in [5.41, 5.74) is 1.02. The SMILES string of the molecule is S=Cc1ccc(Cl)cc1. The molecule has 0 fully saturated rings. The molecule has 0 aliphatic heterocycles. The van der Waals surface area contributed by atoms with Crippen molar-refractivity contribution in [1.82, 2.24) is 0 Å². The predicted molar refractivity (Wildman–Crippen MR) is 44.2 cm³/mol. The van der Waals surface area contributed by atoms with Gasteiger partial charge in [0.2, 0.25) is 0 Å². The highest BCUT2D eigenvalue weighted by Crippen LogP contribution is 2.07. The summed E-state index contributed by atoms with van der Waals surface area (Å²) in [5.74, 6) is 0. The monoisotopic (exact) mass is 156 g/mol. The Morgan fingerprint density at radius 1 is 1.22 bits per heavy atom. The summed E-state index contributed by atoms with van der Waals surface area (Å²) in [5, 5.41) is 2.37. The van der Waals surface area contributed by atoms with Gasteiger partial charge >= 0.3 is 0 Å². The number of rotatable bonds is 1. The Bertz CT molecular complexity index is 203. The van der Waals surface area contributed by atoms with Crippen LogP contribution in [0.1, 0.15) is 5.56 Å². The van der Waals surface area contributed by atoms with Gasteiger partial charge in [-0.25, -0.2) is 0 Å². The summed E-state index contributed by atoms with van der Waals surface area (Å²) < 4.78 is 0. The van der Waals surface area contributed by atoms with E-state index in [4.69, 9.17) is 23.8 Å². The Hall–Kier alpha value is -0.400. The van der Waals surface area contributed by atoms with Gasteiger partial charge in [-0.2, -0.15) is 0 Å². The summed E-state index contributed by atoms with van der Waals surface area (Å²) in [4.78, 5) is 0. The lowest BCUT2D eigenvalue weighted by atomic mass is 10.2. The second kappa shape index (κ2) is 2.95. The molecule has 1 aromatic rings. The van der Waals surface area contributed by atoms with Crippen molar-refractivity contribution in [3.63, 3.8) is 0 Å². The number of benzene rings is 1. The van der Waals surface area contributed by atoms with Crippen molar-refractivity contribution in [3.8, 4) is 0 Å². The average Bonchev–Trinajstić information content (AvgIpc) is 1.90. The smallest absolute Gasteiger partial charge is 0.0406 e. The third kappa shape index (κ3) is 1.77. The van der Waals surface area contributed by atoms with E-state index in [1.165, 1.54) is 0 Å². The molecule has 0 bridgehead atoms. The van der Waals surface area contributed by atoms with Gasteiger partial charge in [0.1, 0.15) is 0 Å². The maximum atomic E-state index is 5.62. The number of halogens is 1. The fourth-order valence-electron chi connectivity index (χ4n) is 0.541. The van der Waals surface area contributed by atoms with Crippen LogP contribution in [0, 0.1) is 0 Å². The van der Waals surface area contributed by atoms with Crippen LogP contribution in [0.2, 0.25) is 5.02 Å². The molecule has 0 heterocycles. The molecule has 2 heteroatoms. The van der Waals surface area contributed by atoms with Gasteiger partial charge in [0.15, 0.2) is 0 Å². The third-order valence-electron chi connectivity index (χ3n) is 1.01. The summed E-state index contributed by atoms with van der Waals surface area (Å²) in [7, 11) is 0. The Labute approximate surface area is 64.5 Å². The highest BCUT2D eigenvalue weighted by Gasteiger charge is 1.84. The molecule has 1 aromatic carbocycles. The molecule has 0 N–H and O–H groups in total. The van der Waals surface area contributed by atoms with Crippen LogP contribution in [-0.4, -0.2) is 5.37 Å². The predicted octanol–water partition coefficient (Wildman–Crippen LogP) is 2.69. The van der Waals surface area contributed by atoms with Crippen LogP contribution in [0.25, 0.3) is 0 Å². The first-order valence-electron chi connectivity index (χ1n) is 2.53. The Kier molecular flexibility index (Phi) is 2.20. The van der Waals surface area contributed by atoms with Crippen LogP contribution < -0.4 is 0 Å². The molecule has 0 spiro atoms. The van der Waals surface area contributed by atoms with Gasteiger partial charge in [0.25, 0.3) is 0 Å². The fourth-order valence-corrected chi connectivity index (χ4v) is 0.824. The normalized spacial score (nSPS) is 9.00. The molecule has 0 nitrogen and oxygen atoms in total. The minimum absolute atomic E-state index is 0.746. The van der Waals surface area contributed by atoms with Crippen molar-refractivity contribution in [2.45, 2.75) is 0 Å². The molecule has 9 heavy (non-hydrogen) atoms. The van der Waals surface area contributed by atoms with E-state index in [1.54, 1.807) is 5.37 Å². The van der Waals surface area contributed by atoms with Crippen molar-refractivity contribution in [2.75, 3.05) is 0 Å². The van der Waals surface area contributed by atoms with Gasteiger partial charge in [-0.15, -0.1) is 0 Å². The molecule has 46 valence electrons. The number of thiocarbonyl (C=S) groups is 1. The van der Waals surface area contributed by atoms with Gasteiger partial charge in [-0.3, -0.25) is 0 Å². The van der Waals surface area contributed by atoms with Crippen LogP contribution >= 0.6 is 23.8 Å². The second-order valence-corrected chi connectivity index (χ2v) is 2.34. The molecule has 0 amide bonds. The highest BCUT2D eigenvalue weighted by atomic mass is 35.5. The minimum Gasteiger partial charge on any atom is -0.0881 e. The van der Waals surface area contributed by atoms with Crippen LogP contribution in [0.15, 0.2) is 24.3 Å². The van der Waals surface area contributed by atoms with Gasteiger partial charge in [-0.1, -0.05) is 36.0 Å². The maximum Gasteiger partial charge on any atom is 0.0406 e. The number of hydrogen-bond acceptors (Lipinski definition) is 1. The van der Waals surface area contributed by atoms with Crippen LogP contribution in [0.4, 0.5) is 0 Å². The zero-order valence-electron chi connectivity index (χ0n) is 4.67. The van der Waals surface area contributed by atoms with E-state index in [9.17, 15) is 0 Å². The lowest BCUT2D eigenvalue weighted by Crippen LogP contribution is -1.73. The molecule has 0 aliphatic carbocycles. The van der Waals surface area contributed by atoms with E-state index in [0.29, 0.717) is 0 Å². The standard InChI is InChI=1S/C7H5ClS/c8-7-3-1-6(5-9)2-4-7/h1-5H. The zero-order valence-corrected chi connectivity index (χ0v) is 6.25. The van der Waals surface area contributed by atoms with Gasteiger partial charge in [0, 0.05) is 10.4 Å². The highest BCUT2D eigenvalue weighted by molar-refractivity contribution is 7.79.